The Balaban J connectivity index is 2.68. The minimum atomic E-state index is -0.589. The van der Waals surface area contributed by atoms with Gasteiger partial charge in [0, 0.05) is 18.6 Å². The van der Waals surface area contributed by atoms with Crippen molar-refractivity contribution in [3.8, 4) is 0 Å². The Hall–Kier alpha value is -1.82. The van der Waals surface area contributed by atoms with E-state index < -0.39 is 11.7 Å². The average molecular weight is 325 g/mol. The molecule has 0 aliphatic heterocycles. The largest absolute Gasteiger partial charge is 0.444 e. The Labute approximate surface area is 138 Å². The van der Waals surface area contributed by atoms with Crippen LogP contribution in [0.2, 0.25) is 0 Å². The molecule has 6 heteroatoms. The third-order valence-electron chi connectivity index (χ3n) is 2.71. The summed E-state index contributed by atoms with van der Waals surface area (Å²) in [7, 11) is 0. The summed E-state index contributed by atoms with van der Waals surface area (Å²) in [6, 6.07) is 4.16. The van der Waals surface area contributed by atoms with Gasteiger partial charge in [0.1, 0.15) is 11.4 Å². The SMILES string of the molecule is CC(C)(C)NCCNc1cc(F)ccc1NC(=O)OC(C)(C)C. The van der Waals surface area contributed by atoms with Crippen LogP contribution in [-0.4, -0.2) is 30.3 Å². The molecule has 5 nitrogen and oxygen atoms in total. The number of hydrogen-bond acceptors (Lipinski definition) is 4. The van der Waals surface area contributed by atoms with Gasteiger partial charge in [-0.1, -0.05) is 0 Å². The van der Waals surface area contributed by atoms with Crippen LogP contribution in [0.5, 0.6) is 0 Å². The Morgan fingerprint density at radius 1 is 1.09 bits per heavy atom. The minimum absolute atomic E-state index is 0.0151. The second-order valence-electron chi connectivity index (χ2n) is 7.42. The molecule has 130 valence electrons. The average Bonchev–Trinajstić information content (AvgIpc) is 2.34. The second kappa shape index (κ2) is 7.64. The fourth-order valence-corrected chi connectivity index (χ4v) is 1.82. The quantitative estimate of drug-likeness (QED) is 0.717. The van der Waals surface area contributed by atoms with Crippen LogP contribution >= 0.6 is 0 Å². The highest BCUT2D eigenvalue weighted by molar-refractivity contribution is 5.89. The van der Waals surface area contributed by atoms with Gasteiger partial charge in [-0.25, -0.2) is 9.18 Å². The maximum atomic E-state index is 13.5. The number of carbonyl (C=O) groups is 1. The van der Waals surface area contributed by atoms with Crippen LogP contribution < -0.4 is 16.0 Å². The molecule has 0 atom stereocenters. The van der Waals surface area contributed by atoms with E-state index in [2.05, 4.69) is 36.7 Å². The zero-order valence-corrected chi connectivity index (χ0v) is 14.8. The number of halogens is 1. The predicted molar refractivity (Wildman–Crippen MR) is 92.5 cm³/mol. The summed E-state index contributed by atoms with van der Waals surface area (Å²) in [5, 5.41) is 9.09. The summed E-state index contributed by atoms with van der Waals surface area (Å²) in [6.45, 7) is 12.9. The Bertz CT molecular complexity index is 534. The van der Waals surface area contributed by atoms with E-state index in [-0.39, 0.29) is 11.4 Å². The second-order valence-corrected chi connectivity index (χ2v) is 7.42. The molecule has 0 aliphatic carbocycles. The van der Waals surface area contributed by atoms with E-state index in [0.29, 0.717) is 24.5 Å². The molecule has 0 saturated heterocycles. The summed E-state index contributed by atoms with van der Waals surface area (Å²) in [4.78, 5) is 11.9. The molecule has 0 aromatic heterocycles. The minimum Gasteiger partial charge on any atom is -0.444 e. The van der Waals surface area contributed by atoms with Crippen LogP contribution in [0.1, 0.15) is 41.5 Å². The van der Waals surface area contributed by atoms with Gasteiger partial charge in [-0.15, -0.1) is 0 Å². The number of hydrogen-bond donors (Lipinski definition) is 3. The van der Waals surface area contributed by atoms with Crippen LogP contribution in [0.3, 0.4) is 0 Å². The topological polar surface area (TPSA) is 62.4 Å². The van der Waals surface area contributed by atoms with E-state index >= 15 is 0 Å². The summed E-state index contributed by atoms with van der Waals surface area (Å²) < 4.78 is 18.7. The number of carbonyl (C=O) groups excluding carboxylic acids is 1. The van der Waals surface area contributed by atoms with Crippen molar-refractivity contribution in [1.82, 2.24) is 5.32 Å². The molecule has 0 fully saturated rings. The normalized spacial score (nSPS) is 12.0. The molecule has 1 rings (SSSR count). The van der Waals surface area contributed by atoms with Crippen LogP contribution in [-0.2, 0) is 4.74 Å². The number of amides is 1. The van der Waals surface area contributed by atoms with E-state index in [9.17, 15) is 9.18 Å². The fourth-order valence-electron chi connectivity index (χ4n) is 1.82. The zero-order valence-electron chi connectivity index (χ0n) is 14.8. The van der Waals surface area contributed by atoms with Gasteiger partial charge in [0.05, 0.1) is 11.4 Å². The van der Waals surface area contributed by atoms with Gasteiger partial charge in [-0.05, 0) is 59.7 Å². The predicted octanol–water partition coefficient (Wildman–Crippen LogP) is 3.97. The summed E-state index contributed by atoms with van der Waals surface area (Å²) in [6.07, 6.45) is -0.569. The van der Waals surface area contributed by atoms with Crippen molar-refractivity contribution in [2.24, 2.45) is 0 Å². The first-order chi connectivity index (χ1) is 10.5. The molecule has 1 aromatic rings. The molecule has 0 heterocycles. The van der Waals surface area contributed by atoms with E-state index in [1.54, 1.807) is 20.8 Å². The van der Waals surface area contributed by atoms with Crippen molar-refractivity contribution < 1.29 is 13.9 Å². The van der Waals surface area contributed by atoms with Crippen molar-refractivity contribution in [3.63, 3.8) is 0 Å². The number of anilines is 2. The molecule has 23 heavy (non-hydrogen) atoms. The van der Waals surface area contributed by atoms with Gasteiger partial charge in [0.2, 0.25) is 0 Å². The van der Waals surface area contributed by atoms with E-state index in [4.69, 9.17) is 4.74 Å². The third kappa shape index (κ3) is 8.40. The molecular formula is C17H28FN3O2. The molecule has 0 unspecified atom stereocenters. The third-order valence-corrected chi connectivity index (χ3v) is 2.71. The first-order valence-corrected chi connectivity index (χ1v) is 7.75. The van der Waals surface area contributed by atoms with E-state index in [1.165, 1.54) is 18.2 Å². The molecule has 3 N–H and O–H groups in total. The lowest BCUT2D eigenvalue weighted by atomic mass is 10.1. The van der Waals surface area contributed by atoms with Crippen LogP contribution in [0, 0.1) is 5.82 Å². The molecule has 0 saturated carbocycles. The summed E-state index contributed by atoms with van der Waals surface area (Å²) >= 11 is 0. The van der Waals surface area contributed by atoms with Gasteiger partial charge >= 0.3 is 6.09 Å². The first kappa shape index (κ1) is 19.2. The molecule has 0 radical (unpaired) electrons. The van der Waals surface area contributed by atoms with Crippen LogP contribution in [0.25, 0.3) is 0 Å². The Kier molecular flexibility index (Phi) is 6.38. The molecule has 1 amide bonds. The Morgan fingerprint density at radius 2 is 1.74 bits per heavy atom. The zero-order chi connectivity index (χ0) is 17.7. The summed E-state index contributed by atoms with van der Waals surface area (Å²) in [5.74, 6) is -0.369. The van der Waals surface area contributed by atoms with Gasteiger partial charge in [-0.2, -0.15) is 0 Å². The highest BCUT2D eigenvalue weighted by atomic mass is 19.1. The summed E-state index contributed by atoms with van der Waals surface area (Å²) in [5.41, 5.74) is 0.429. The van der Waals surface area contributed by atoms with Gasteiger partial charge in [-0.3, -0.25) is 5.32 Å². The highest BCUT2D eigenvalue weighted by Gasteiger charge is 2.17. The van der Waals surface area contributed by atoms with E-state index in [0.717, 1.165) is 0 Å². The van der Waals surface area contributed by atoms with Gasteiger partial charge < -0.3 is 15.4 Å². The number of ether oxygens (including phenoxy) is 1. The molecule has 1 aromatic carbocycles. The number of rotatable bonds is 5. The van der Waals surface area contributed by atoms with Crippen molar-refractivity contribution in [2.45, 2.75) is 52.7 Å². The number of nitrogens with one attached hydrogen (secondary N) is 3. The maximum absolute atomic E-state index is 13.5. The first-order valence-electron chi connectivity index (χ1n) is 7.75. The van der Waals surface area contributed by atoms with Crippen molar-refractivity contribution in [2.75, 3.05) is 23.7 Å². The lowest BCUT2D eigenvalue weighted by molar-refractivity contribution is 0.0636. The monoisotopic (exact) mass is 325 g/mol. The van der Waals surface area contributed by atoms with Crippen LogP contribution in [0.15, 0.2) is 18.2 Å². The fraction of sp³-hybridized carbons (Fsp3) is 0.588. The molecular weight excluding hydrogens is 297 g/mol. The lowest BCUT2D eigenvalue weighted by Crippen LogP contribution is -2.38. The number of benzene rings is 1. The Morgan fingerprint density at radius 3 is 2.30 bits per heavy atom. The molecule has 0 bridgehead atoms. The maximum Gasteiger partial charge on any atom is 0.412 e. The standard InChI is InChI=1S/C17H28FN3O2/c1-16(2,3)20-10-9-19-14-11-12(18)7-8-13(14)21-15(22)23-17(4,5)6/h7-8,11,19-20H,9-10H2,1-6H3,(H,21,22). The van der Waals surface area contributed by atoms with E-state index in [1.807, 2.05) is 0 Å². The lowest BCUT2D eigenvalue weighted by Gasteiger charge is -2.22. The van der Waals surface area contributed by atoms with Crippen molar-refractivity contribution >= 4 is 17.5 Å². The van der Waals surface area contributed by atoms with Crippen LogP contribution in [0.4, 0.5) is 20.6 Å². The molecule has 0 spiro atoms. The van der Waals surface area contributed by atoms with Crippen molar-refractivity contribution in [1.29, 1.82) is 0 Å². The van der Waals surface area contributed by atoms with Gasteiger partial charge in [0.25, 0.3) is 0 Å². The molecule has 0 aliphatic rings. The van der Waals surface area contributed by atoms with Crippen molar-refractivity contribution in [3.05, 3.63) is 24.0 Å². The highest BCUT2D eigenvalue weighted by Crippen LogP contribution is 2.23. The smallest absolute Gasteiger partial charge is 0.412 e. The van der Waals surface area contributed by atoms with Gasteiger partial charge in [0.15, 0.2) is 0 Å².